The van der Waals surface area contributed by atoms with Crippen LogP contribution < -0.4 is 4.72 Å². The molecule has 2 rings (SSSR count). The highest BCUT2D eigenvalue weighted by atomic mass is 79.9. The van der Waals surface area contributed by atoms with Gasteiger partial charge in [-0.2, -0.15) is 0 Å². The lowest BCUT2D eigenvalue weighted by atomic mass is 10.2. The summed E-state index contributed by atoms with van der Waals surface area (Å²) in [4.78, 5) is 0.0301. The Morgan fingerprint density at radius 2 is 1.95 bits per heavy atom. The Morgan fingerprint density at radius 3 is 2.60 bits per heavy atom. The van der Waals surface area contributed by atoms with E-state index < -0.39 is 15.8 Å². The van der Waals surface area contributed by atoms with Gasteiger partial charge in [-0.15, -0.1) is 0 Å². The zero-order valence-electron chi connectivity index (χ0n) is 10.3. The number of nitrogens with one attached hydrogen (secondary N) is 1. The fraction of sp³-hybridized carbons (Fsp3) is 0.0769. The van der Waals surface area contributed by atoms with Crippen molar-refractivity contribution in [2.45, 2.75) is 11.8 Å². The molecular weight excluding hydrogens is 369 g/mol. The van der Waals surface area contributed by atoms with Crippen molar-refractivity contribution in [2.24, 2.45) is 0 Å². The Bertz CT molecular complexity index is 765. The minimum Gasteiger partial charge on any atom is -0.277 e. The van der Waals surface area contributed by atoms with Gasteiger partial charge >= 0.3 is 0 Å². The molecule has 20 heavy (non-hydrogen) atoms. The van der Waals surface area contributed by atoms with Crippen LogP contribution in [0.5, 0.6) is 0 Å². The van der Waals surface area contributed by atoms with Crippen molar-refractivity contribution >= 4 is 43.2 Å². The molecule has 7 heteroatoms. The highest BCUT2D eigenvalue weighted by Gasteiger charge is 2.20. The van der Waals surface area contributed by atoms with Crippen LogP contribution in [0.1, 0.15) is 5.56 Å². The first kappa shape index (κ1) is 15.3. The molecule has 3 nitrogen and oxygen atoms in total. The lowest BCUT2D eigenvalue weighted by Gasteiger charge is -2.11. The maximum Gasteiger partial charge on any atom is 0.263 e. The molecule has 0 aliphatic heterocycles. The van der Waals surface area contributed by atoms with Crippen LogP contribution in [0.15, 0.2) is 45.8 Å². The van der Waals surface area contributed by atoms with Gasteiger partial charge in [0.1, 0.15) is 4.90 Å². The molecule has 106 valence electrons. The number of halogens is 3. The number of sulfonamides is 1. The summed E-state index contributed by atoms with van der Waals surface area (Å²) < 4.78 is 40.8. The van der Waals surface area contributed by atoms with E-state index in [-0.39, 0.29) is 15.6 Å². The van der Waals surface area contributed by atoms with Gasteiger partial charge in [0.15, 0.2) is 5.82 Å². The van der Waals surface area contributed by atoms with E-state index in [1.54, 1.807) is 12.1 Å². The Hall–Kier alpha value is -1.11. The Morgan fingerprint density at radius 1 is 1.25 bits per heavy atom. The summed E-state index contributed by atoms with van der Waals surface area (Å²) in [6, 6.07) is 8.89. The zero-order chi connectivity index (χ0) is 14.9. The van der Waals surface area contributed by atoms with Crippen molar-refractivity contribution in [1.82, 2.24) is 0 Å². The fourth-order valence-corrected chi connectivity index (χ4v) is 4.03. The van der Waals surface area contributed by atoms with Gasteiger partial charge in [0.25, 0.3) is 10.0 Å². The number of anilines is 1. The van der Waals surface area contributed by atoms with Crippen LogP contribution in [0.4, 0.5) is 10.1 Å². The average Bonchev–Trinajstić information content (AvgIpc) is 2.34. The summed E-state index contributed by atoms with van der Waals surface area (Å²) in [5, 5.41) is -0.145. The van der Waals surface area contributed by atoms with E-state index in [0.29, 0.717) is 4.47 Å². The molecule has 0 unspecified atom stereocenters. The summed E-state index contributed by atoms with van der Waals surface area (Å²) in [5.41, 5.74) is 0.717. The number of rotatable bonds is 3. The SMILES string of the molecule is Cc1ccc(S(=O)(=O)Nc2cccc(Cl)c2F)c(Br)c1. The minimum absolute atomic E-state index is 0.0301. The lowest BCUT2D eigenvalue weighted by molar-refractivity contribution is 0.598. The summed E-state index contributed by atoms with van der Waals surface area (Å²) in [6.07, 6.45) is 0. The Balaban J connectivity index is 2.44. The third kappa shape index (κ3) is 3.13. The molecule has 0 radical (unpaired) electrons. The van der Waals surface area contributed by atoms with Gasteiger partial charge in [-0.1, -0.05) is 23.7 Å². The average molecular weight is 379 g/mol. The molecule has 0 aliphatic carbocycles. The summed E-state index contributed by atoms with van der Waals surface area (Å²) in [6.45, 7) is 1.84. The smallest absolute Gasteiger partial charge is 0.263 e. The summed E-state index contributed by atoms with van der Waals surface area (Å²) >= 11 is 8.81. The quantitative estimate of drug-likeness (QED) is 0.863. The van der Waals surface area contributed by atoms with Gasteiger partial charge in [-0.05, 0) is 52.7 Å². The first-order valence-corrected chi connectivity index (χ1v) is 8.19. The van der Waals surface area contributed by atoms with Crippen LogP contribution in [0.3, 0.4) is 0 Å². The highest BCUT2D eigenvalue weighted by molar-refractivity contribution is 9.10. The van der Waals surface area contributed by atoms with Crippen molar-refractivity contribution < 1.29 is 12.8 Å². The van der Waals surface area contributed by atoms with Crippen LogP contribution in [0.2, 0.25) is 5.02 Å². The summed E-state index contributed by atoms with van der Waals surface area (Å²) in [7, 11) is -3.90. The Labute approximate surface area is 130 Å². The molecule has 0 aliphatic rings. The predicted molar refractivity (Wildman–Crippen MR) is 81.1 cm³/mol. The second-order valence-corrected chi connectivity index (χ2v) is 7.05. The minimum atomic E-state index is -3.90. The number of aryl methyl sites for hydroxylation is 1. The highest BCUT2D eigenvalue weighted by Crippen LogP contribution is 2.28. The van der Waals surface area contributed by atoms with Gasteiger partial charge in [-0.3, -0.25) is 4.72 Å². The first-order valence-electron chi connectivity index (χ1n) is 5.54. The molecule has 2 aromatic rings. The van der Waals surface area contributed by atoms with E-state index in [9.17, 15) is 12.8 Å². The molecular formula is C13H10BrClFNO2S. The second-order valence-electron chi connectivity index (χ2n) is 4.14. The van der Waals surface area contributed by atoms with Gasteiger partial charge in [0.05, 0.1) is 10.7 Å². The topological polar surface area (TPSA) is 46.2 Å². The van der Waals surface area contributed by atoms with Crippen molar-refractivity contribution in [3.63, 3.8) is 0 Å². The van der Waals surface area contributed by atoms with Crippen molar-refractivity contribution in [1.29, 1.82) is 0 Å². The molecule has 0 spiro atoms. The molecule has 0 bridgehead atoms. The second kappa shape index (κ2) is 5.71. The molecule has 0 amide bonds. The maximum atomic E-state index is 13.7. The van der Waals surface area contributed by atoms with E-state index in [1.165, 1.54) is 24.3 Å². The van der Waals surface area contributed by atoms with Gasteiger partial charge < -0.3 is 0 Å². The van der Waals surface area contributed by atoms with Crippen molar-refractivity contribution in [3.8, 4) is 0 Å². The Kier molecular flexibility index (Phi) is 4.36. The van der Waals surface area contributed by atoms with Crippen LogP contribution in [0.25, 0.3) is 0 Å². The van der Waals surface area contributed by atoms with Crippen LogP contribution in [0, 0.1) is 12.7 Å². The van der Waals surface area contributed by atoms with E-state index in [4.69, 9.17) is 11.6 Å². The molecule has 0 fully saturated rings. The standard InChI is InChI=1S/C13H10BrClFNO2S/c1-8-5-6-12(9(14)7-8)20(18,19)17-11-4-2-3-10(15)13(11)16/h2-7,17H,1H3. The molecule has 0 saturated carbocycles. The fourth-order valence-electron chi connectivity index (χ4n) is 1.61. The van der Waals surface area contributed by atoms with Crippen molar-refractivity contribution in [3.05, 3.63) is 57.3 Å². The number of hydrogen-bond acceptors (Lipinski definition) is 2. The van der Waals surface area contributed by atoms with Crippen LogP contribution >= 0.6 is 27.5 Å². The van der Waals surface area contributed by atoms with Gasteiger partial charge in [0.2, 0.25) is 0 Å². The molecule has 1 N–H and O–H groups in total. The normalized spacial score (nSPS) is 11.4. The number of hydrogen-bond donors (Lipinski definition) is 1. The van der Waals surface area contributed by atoms with E-state index in [1.807, 2.05) is 6.92 Å². The molecule has 0 atom stereocenters. The van der Waals surface area contributed by atoms with Crippen LogP contribution in [-0.4, -0.2) is 8.42 Å². The monoisotopic (exact) mass is 377 g/mol. The zero-order valence-corrected chi connectivity index (χ0v) is 13.5. The van der Waals surface area contributed by atoms with Gasteiger partial charge in [-0.25, -0.2) is 12.8 Å². The summed E-state index contributed by atoms with van der Waals surface area (Å²) in [5.74, 6) is -0.805. The molecule has 0 aromatic heterocycles. The van der Waals surface area contributed by atoms with E-state index in [0.717, 1.165) is 5.56 Å². The largest absolute Gasteiger partial charge is 0.277 e. The lowest BCUT2D eigenvalue weighted by Crippen LogP contribution is -2.14. The maximum absolute atomic E-state index is 13.7. The predicted octanol–water partition coefficient (Wildman–Crippen LogP) is 4.35. The molecule has 2 aromatic carbocycles. The van der Waals surface area contributed by atoms with Crippen LogP contribution in [-0.2, 0) is 10.0 Å². The number of benzene rings is 2. The first-order chi connectivity index (χ1) is 9.31. The molecule has 0 heterocycles. The third-order valence-electron chi connectivity index (χ3n) is 2.57. The third-order valence-corrected chi connectivity index (χ3v) is 5.21. The van der Waals surface area contributed by atoms with E-state index >= 15 is 0 Å². The molecule has 0 saturated heterocycles. The van der Waals surface area contributed by atoms with Crippen molar-refractivity contribution in [2.75, 3.05) is 4.72 Å². The van der Waals surface area contributed by atoms with Gasteiger partial charge in [0, 0.05) is 4.47 Å². The van der Waals surface area contributed by atoms with E-state index in [2.05, 4.69) is 20.7 Å².